The van der Waals surface area contributed by atoms with Crippen LogP contribution in [0.5, 0.6) is 0 Å². The molecule has 3 rings (SSSR count). The fraction of sp³-hybridized carbons (Fsp3) is 0.500. The van der Waals surface area contributed by atoms with Crippen LogP contribution in [0.1, 0.15) is 52.3 Å². The van der Waals surface area contributed by atoms with Crippen LogP contribution in [0.4, 0.5) is 0 Å². The number of aryl methyl sites for hydroxylation is 2. The number of hydrogen-bond acceptors (Lipinski definition) is 5. The van der Waals surface area contributed by atoms with E-state index < -0.39 is 0 Å². The molecule has 106 valence electrons. The first-order valence-corrected chi connectivity index (χ1v) is 7.70. The molecular weight excluding hydrogens is 274 g/mol. The third-order valence-corrected chi connectivity index (χ3v) is 4.65. The molecule has 2 aromatic rings. The number of nitrogens with zero attached hydrogens (tertiary/aromatic N) is 3. The molecule has 1 saturated heterocycles. The van der Waals surface area contributed by atoms with Crippen molar-refractivity contribution in [2.24, 2.45) is 0 Å². The molecule has 1 fully saturated rings. The van der Waals surface area contributed by atoms with E-state index in [2.05, 4.69) is 10.1 Å². The molecule has 0 spiro atoms. The van der Waals surface area contributed by atoms with Gasteiger partial charge in [-0.3, -0.25) is 4.79 Å². The van der Waals surface area contributed by atoms with E-state index in [0.29, 0.717) is 11.7 Å². The Hall–Kier alpha value is -1.69. The molecule has 2 aromatic heterocycles. The molecule has 0 saturated carbocycles. The largest absolute Gasteiger partial charge is 0.337 e. The maximum atomic E-state index is 12.7. The van der Waals surface area contributed by atoms with E-state index in [4.69, 9.17) is 4.52 Å². The van der Waals surface area contributed by atoms with Gasteiger partial charge in [-0.15, -0.1) is 11.3 Å². The highest BCUT2D eigenvalue weighted by Crippen LogP contribution is 2.32. The van der Waals surface area contributed by atoms with Crippen LogP contribution in [0.2, 0.25) is 0 Å². The highest BCUT2D eigenvalue weighted by Gasteiger charge is 2.33. The van der Waals surface area contributed by atoms with Crippen molar-refractivity contribution in [3.8, 4) is 0 Å². The van der Waals surface area contributed by atoms with Gasteiger partial charge in [-0.05, 0) is 50.1 Å². The van der Waals surface area contributed by atoms with Gasteiger partial charge in [0.25, 0.3) is 5.91 Å². The molecule has 1 aliphatic heterocycles. The zero-order valence-electron chi connectivity index (χ0n) is 11.6. The lowest BCUT2D eigenvalue weighted by Crippen LogP contribution is -2.38. The van der Waals surface area contributed by atoms with Crippen LogP contribution in [0.3, 0.4) is 0 Å². The van der Waals surface area contributed by atoms with E-state index in [1.165, 1.54) is 11.3 Å². The fourth-order valence-electron chi connectivity index (χ4n) is 2.60. The second kappa shape index (κ2) is 5.36. The number of amides is 1. The third-order valence-electron chi connectivity index (χ3n) is 3.65. The van der Waals surface area contributed by atoms with E-state index >= 15 is 0 Å². The zero-order chi connectivity index (χ0) is 14.1. The second-order valence-electron chi connectivity index (χ2n) is 5.12. The standard InChI is InChI=1S/C14H17N3O2S/c1-9-6-8-20-12(9)14(18)17-7-4-3-5-11(17)13-15-10(2)16-19-13/h6,8,11H,3-5,7H2,1-2H3/t11-/m0/s1. The van der Waals surface area contributed by atoms with E-state index in [-0.39, 0.29) is 11.9 Å². The minimum atomic E-state index is -0.0843. The average molecular weight is 291 g/mol. The maximum absolute atomic E-state index is 12.7. The van der Waals surface area contributed by atoms with Crippen LogP contribution in [0.25, 0.3) is 0 Å². The summed E-state index contributed by atoms with van der Waals surface area (Å²) in [5.41, 5.74) is 1.03. The summed E-state index contributed by atoms with van der Waals surface area (Å²) >= 11 is 1.50. The molecule has 20 heavy (non-hydrogen) atoms. The number of rotatable bonds is 2. The quantitative estimate of drug-likeness (QED) is 0.853. The van der Waals surface area contributed by atoms with Crippen molar-refractivity contribution in [2.75, 3.05) is 6.54 Å². The number of thiophene rings is 1. The molecule has 1 atom stereocenters. The van der Waals surface area contributed by atoms with Crippen LogP contribution >= 0.6 is 11.3 Å². The molecule has 6 heteroatoms. The van der Waals surface area contributed by atoms with E-state index in [0.717, 1.165) is 36.2 Å². The minimum Gasteiger partial charge on any atom is -0.337 e. The first-order chi connectivity index (χ1) is 9.66. The van der Waals surface area contributed by atoms with Gasteiger partial charge in [0.15, 0.2) is 5.82 Å². The highest BCUT2D eigenvalue weighted by molar-refractivity contribution is 7.12. The summed E-state index contributed by atoms with van der Waals surface area (Å²) in [5.74, 6) is 1.26. The van der Waals surface area contributed by atoms with Crippen molar-refractivity contribution in [2.45, 2.75) is 39.2 Å². The molecule has 0 aliphatic carbocycles. The van der Waals surface area contributed by atoms with Crippen molar-refractivity contribution in [1.82, 2.24) is 15.0 Å². The molecule has 0 N–H and O–H groups in total. The number of aromatic nitrogens is 2. The molecule has 0 radical (unpaired) electrons. The third kappa shape index (κ3) is 2.35. The zero-order valence-corrected chi connectivity index (χ0v) is 12.4. The molecular formula is C14H17N3O2S. The topological polar surface area (TPSA) is 59.2 Å². The highest BCUT2D eigenvalue weighted by atomic mass is 32.1. The van der Waals surface area contributed by atoms with Crippen molar-refractivity contribution < 1.29 is 9.32 Å². The van der Waals surface area contributed by atoms with Gasteiger partial charge in [-0.1, -0.05) is 5.16 Å². The lowest BCUT2D eigenvalue weighted by Gasteiger charge is -2.33. The Labute approximate surface area is 121 Å². The molecule has 1 aliphatic rings. The first-order valence-electron chi connectivity index (χ1n) is 6.82. The normalized spacial score (nSPS) is 19.3. The Kier molecular flexibility index (Phi) is 3.56. The maximum Gasteiger partial charge on any atom is 0.264 e. The Morgan fingerprint density at radius 1 is 1.45 bits per heavy atom. The molecule has 0 bridgehead atoms. The summed E-state index contributed by atoms with van der Waals surface area (Å²) in [6.07, 6.45) is 3.00. The van der Waals surface area contributed by atoms with Crippen LogP contribution in [0.15, 0.2) is 16.0 Å². The predicted octanol–water partition coefficient (Wildman–Crippen LogP) is 3.12. The van der Waals surface area contributed by atoms with Gasteiger partial charge in [0, 0.05) is 6.54 Å². The number of carbonyl (C=O) groups is 1. The van der Waals surface area contributed by atoms with Crippen molar-refractivity contribution in [3.05, 3.63) is 33.6 Å². The Balaban J connectivity index is 1.89. The smallest absolute Gasteiger partial charge is 0.264 e. The summed E-state index contributed by atoms with van der Waals surface area (Å²) < 4.78 is 5.28. The van der Waals surface area contributed by atoms with Gasteiger partial charge >= 0.3 is 0 Å². The van der Waals surface area contributed by atoms with Crippen LogP contribution in [0, 0.1) is 13.8 Å². The summed E-state index contributed by atoms with van der Waals surface area (Å²) in [7, 11) is 0. The van der Waals surface area contributed by atoms with E-state index in [9.17, 15) is 4.79 Å². The minimum absolute atomic E-state index is 0.0815. The summed E-state index contributed by atoms with van der Waals surface area (Å²) in [4.78, 5) is 19.7. The monoisotopic (exact) mass is 291 g/mol. The van der Waals surface area contributed by atoms with Gasteiger partial charge in [-0.25, -0.2) is 0 Å². The Bertz CT molecular complexity index is 619. The van der Waals surface area contributed by atoms with Gasteiger partial charge in [0.05, 0.1) is 4.88 Å². The first kappa shape index (κ1) is 13.3. The van der Waals surface area contributed by atoms with Gasteiger partial charge in [0.1, 0.15) is 6.04 Å². The van der Waals surface area contributed by atoms with Crippen molar-refractivity contribution in [1.29, 1.82) is 0 Å². The lowest BCUT2D eigenvalue weighted by molar-refractivity contribution is 0.0565. The Morgan fingerprint density at radius 2 is 2.30 bits per heavy atom. The van der Waals surface area contributed by atoms with Crippen molar-refractivity contribution in [3.63, 3.8) is 0 Å². The van der Waals surface area contributed by atoms with Crippen LogP contribution in [-0.4, -0.2) is 27.5 Å². The van der Waals surface area contributed by atoms with E-state index in [1.807, 2.05) is 23.3 Å². The number of likely N-dealkylation sites (tertiary alicyclic amines) is 1. The fourth-order valence-corrected chi connectivity index (χ4v) is 3.48. The molecule has 5 nitrogen and oxygen atoms in total. The van der Waals surface area contributed by atoms with Gasteiger partial charge in [-0.2, -0.15) is 4.98 Å². The summed E-state index contributed by atoms with van der Waals surface area (Å²) in [6, 6.07) is 1.90. The lowest BCUT2D eigenvalue weighted by atomic mass is 10.0. The average Bonchev–Trinajstić information content (AvgIpc) is 3.07. The van der Waals surface area contributed by atoms with Crippen LogP contribution in [-0.2, 0) is 0 Å². The second-order valence-corrected chi connectivity index (χ2v) is 6.04. The van der Waals surface area contributed by atoms with Gasteiger partial charge in [0.2, 0.25) is 5.89 Å². The number of hydrogen-bond donors (Lipinski definition) is 0. The van der Waals surface area contributed by atoms with Crippen LogP contribution < -0.4 is 0 Å². The van der Waals surface area contributed by atoms with Gasteiger partial charge < -0.3 is 9.42 Å². The predicted molar refractivity (Wildman–Crippen MR) is 75.7 cm³/mol. The molecule has 0 aromatic carbocycles. The Morgan fingerprint density at radius 3 is 2.95 bits per heavy atom. The number of carbonyl (C=O) groups excluding carboxylic acids is 1. The van der Waals surface area contributed by atoms with Crippen molar-refractivity contribution >= 4 is 17.2 Å². The molecule has 0 unspecified atom stereocenters. The number of piperidine rings is 1. The molecule has 1 amide bonds. The van der Waals surface area contributed by atoms with E-state index in [1.54, 1.807) is 6.92 Å². The summed E-state index contributed by atoms with van der Waals surface area (Å²) in [6.45, 7) is 4.52. The SMILES string of the molecule is Cc1noc([C@@H]2CCCCN2C(=O)c2sccc2C)n1. The summed E-state index contributed by atoms with van der Waals surface area (Å²) in [5, 5.41) is 5.80. The molecule has 3 heterocycles.